The van der Waals surface area contributed by atoms with Crippen LogP contribution >= 0.6 is 0 Å². The Morgan fingerprint density at radius 2 is 2.07 bits per heavy atom. The van der Waals surface area contributed by atoms with Gasteiger partial charge in [-0.3, -0.25) is 14.6 Å². The molecule has 3 N–H and O–H groups in total. The summed E-state index contributed by atoms with van der Waals surface area (Å²) >= 11 is 0. The number of nitrogens with zero attached hydrogens (tertiary/aromatic N) is 2. The molecule has 3 rings (SSSR count). The molecule has 0 atom stereocenters. The van der Waals surface area contributed by atoms with Crippen molar-refractivity contribution in [1.82, 2.24) is 19.9 Å². The van der Waals surface area contributed by atoms with Crippen LogP contribution in [-0.2, 0) is 13.0 Å². The number of amides is 1. The van der Waals surface area contributed by atoms with E-state index >= 15 is 0 Å². The van der Waals surface area contributed by atoms with Gasteiger partial charge in [0.15, 0.2) is 0 Å². The highest BCUT2D eigenvalue weighted by molar-refractivity contribution is 6.08. The van der Waals surface area contributed by atoms with Crippen molar-refractivity contribution >= 4 is 11.6 Å². The van der Waals surface area contributed by atoms with Gasteiger partial charge in [0.2, 0.25) is 0 Å². The van der Waals surface area contributed by atoms with E-state index in [1.165, 1.54) is 0 Å². The zero-order valence-corrected chi connectivity index (χ0v) is 16.9. The van der Waals surface area contributed by atoms with Crippen LogP contribution in [0.4, 0.5) is 5.69 Å². The monoisotopic (exact) mass is 393 g/mol. The third-order valence-corrected chi connectivity index (χ3v) is 4.68. The van der Waals surface area contributed by atoms with Gasteiger partial charge in [0.25, 0.3) is 11.5 Å². The summed E-state index contributed by atoms with van der Waals surface area (Å²) < 4.78 is 1.59. The number of rotatable bonds is 9. The molecule has 0 saturated carbocycles. The molecule has 0 bridgehead atoms. The van der Waals surface area contributed by atoms with Gasteiger partial charge < -0.3 is 20.2 Å². The fourth-order valence-corrected chi connectivity index (χ4v) is 3.27. The Kier molecular flexibility index (Phi) is 6.97. The van der Waals surface area contributed by atoms with Gasteiger partial charge in [-0.05, 0) is 37.2 Å². The average Bonchev–Trinajstić information content (AvgIpc) is 3.15. The molecular weight excluding hydrogens is 366 g/mol. The van der Waals surface area contributed by atoms with Crippen LogP contribution in [0.25, 0.3) is 11.3 Å². The van der Waals surface area contributed by atoms with Crippen molar-refractivity contribution in [3.8, 4) is 11.3 Å². The topological polar surface area (TPSA) is 91.8 Å². The van der Waals surface area contributed by atoms with Gasteiger partial charge in [0.1, 0.15) is 5.69 Å². The standard InChI is InChI=1S/C22H27N5O2/c1-3-8-17-20(18-9-5-6-11-24-18)16(15-25-17)21(28)26-19-10-7-13-27(22(19)29)14-12-23-4-2/h5-7,9-11,13,15,23,25H,3-4,8,12,14H2,1-2H3,(H,26,28). The third kappa shape index (κ3) is 4.81. The van der Waals surface area contributed by atoms with Gasteiger partial charge in [-0.15, -0.1) is 0 Å². The largest absolute Gasteiger partial charge is 0.364 e. The lowest BCUT2D eigenvalue weighted by Crippen LogP contribution is -2.29. The van der Waals surface area contributed by atoms with Gasteiger partial charge in [-0.2, -0.15) is 0 Å². The lowest BCUT2D eigenvalue weighted by molar-refractivity contribution is 0.102. The fourth-order valence-electron chi connectivity index (χ4n) is 3.27. The first-order valence-electron chi connectivity index (χ1n) is 9.98. The lowest BCUT2D eigenvalue weighted by Gasteiger charge is -2.10. The number of anilines is 1. The number of hydrogen-bond donors (Lipinski definition) is 3. The summed E-state index contributed by atoms with van der Waals surface area (Å²) in [5, 5.41) is 5.97. The number of likely N-dealkylation sites (N-methyl/N-ethyl adjacent to an activating group) is 1. The van der Waals surface area contributed by atoms with Crippen molar-refractivity contribution in [2.24, 2.45) is 0 Å². The molecule has 3 aromatic rings. The van der Waals surface area contributed by atoms with Crippen LogP contribution < -0.4 is 16.2 Å². The second-order valence-corrected chi connectivity index (χ2v) is 6.75. The summed E-state index contributed by atoms with van der Waals surface area (Å²) in [6, 6.07) is 9.02. The van der Waals surface area contributed by atoms with Crippen molar-refractivity contribution in [2.45, 2.75) is 33.2 Å². The summed E-state index contributed by atoms with van der Waals surface area (Å²) in [6.45, 7) is 6.18. The minimum absolute atomic E-state index is 0.220. The highest BCUT2D eigenvalue weighted by Crippen LogP contribution is 2.27. The number of H-pyrrole nitrogens is 1. The number of hydrogen-bond acceptors (Lipinski definition) is 4. The number of aromatic amines is 1. The first-order chi connectivity index (χ1) is 14.2. The molecule has 0 saturated heterocycles. The lowest BCUT2D eigenvalue weighted by atomic mass is 10.0. The summed E-state index contributed by atoms with van der Waals surface area (Å²) in [6.07, 6.45) is 6.87. The SMILES string of the molecule is CCCc1[nH]cc(C(=O)Nc2cccn(CCNCC)c2=O)c1-c1ccccn1. The minimum Gasteiger partial charge on any atom is -0.364 e. The molecule has 29 heavy (non-hydrogen) atoms. The summed E-state index contributed by atoms with van der Waals surface area (Å²) in [5.74, 6) is -0.328. The van der Waals surface area contributed by atoms with E-state index in [1.54, 1.807) is 35.3 Å². The van der Waals surface area contributed by atoms with Crippen LogP contribution in [0.15, 0.2) is 53.7 Å². The van der Waals surface area contributed by atoms with E-state index in [-0.39, 0.29) is 17.2 Å². The van der Waals surface area contributed by atoms with Gasteiger partial charge in [-0.25, -0.2) is 0 Å². The third-order valence-electron chi connectivity index (χ3n) is 4.68. The molecule has 0 spiro atoms. The number of pyridine rings is 2. The van der Waals surface area contributed by atoms with E-state index in [0.29, 0.717) is 18.7 Å². The van der Waals surface area contributed by atoms with Crippen LogP contribution in [0, 0.1) is 0 Å². The molecule has 0 aliphatic rings. The molecule has 7 nitrogen and oxygen atoms in total. The molecule has 3 aromatic heterocycles. The van der Waals surface area contributed by atoms with Crippen molar-refractivity contribution in [3.05, 3.63) is 70.5 Å². The molecule has 0 aliphatic carbocycles. The molecule has 0 aromatic carbocycles. The van der Waals surface area contributed by atoms with Crippen LogP contribution in [0.3, 0.4) is 0 Å². The van der Waals surface area contributed by atoms with Crippen molar-refractivity contribution in [1.29, 1.82) is 0 Å². The van der Waals surface area contributed by atoms with Crippen molar-refractivity contribution in [2.75, 3.05) is 18.4 Å². The number of nitrogens with one attached hydrogen (secondary N) is 3. The van der Waals surface area contributed by atoms with Crippen molar-refractivity contribution in [3.63, 3.8) is 0 Å². The number of carbonyl (C=O) groups excluding carboxylic acids is 1. The van der Waals surface area contributed by atoms with E-state index < -0.39 is 0 Å². The second-order valence-electron chi connectivity index (χ2n) is 6.75. The zero-order valence-electron chi connectivity index (χ0n) is 16.9. The van der Waals surface area contributed by atoms with Crippen LogP contribution in [0.2, 0.25) is 0 Å². The van der Waals surface area contributed by atoms with E-state index in [9.17, 15) is 9.59 Å². The number of aromatic nitrogens is 3. The maximum Gasteiger partial charge on any atom is 0.274 e. The Balaban J connectivity index is 1.89. The Hall–Kier alpha value is -3.19. The van der Waals surface area contributed by atoms with Crippen LogP contribution in [0.5, 0.6) is 0 Å². The smallest absolute Gasteiger partial charge is 0.274 e. The Bertz CT molecular complexity index is 1010. The fraction of sp³-hybridized carbons (Fsp3) is 0.318. The Morgan fingerprint density at radius 3 is 2.79 bits per heavy atom. The van der Waals surface area contributed by atoms with Crippen LogP contribution in [-0.4, -0.2) is 33.5 Å². The van der Waals surface area contributed by atoms with Crippen molar-refractivity contribution < 1.29 is 4.79 Å². The molecule has 7 heteroatoms. The normalized spacial score (nSPS) is 10.8. The molecule has 0 unspecified atom stereocenters. The molecular formula is C22H27N5O2. The summed E-state index contributed by atoms with van der Waals surface area (Å²) in [7, 11) is 0. The van der Waals surface area contributed by atoms with Gasteiger partial charge in [0, 0.05) is 42.9 Å². The highest BCUT2D eigenvalue weighted by Gasteiger charge is 2.20. The molecule has 0 aliphatic heterocycles. The molecule has 0 fully saturated rings. The molecule has 152 valence electrons. The molecule has 0 radical (unpaired) electrons. The minimum atomic E-state index is -0.328. The first-order valence-corrected chi connectivity index (χ1v) is 9.98. The van der Waals surface area contributed by atoms with Gasteiger partial charge in [-0.1, -0.05) is 26.3 Å². The zero-order chi connectivity index (χ0) is 20.6. The molecule has 1 amide bonds. The summed E-state index contributed by atoms with van der Waals surface area (Å²) in [4.78, 5) is 33.3. The predicted molar refractivity (Wildman–Crippen MR) is 115 cm³/mol. The Labute approximate surface area is 170 Å². The molecule has 3 heterocycles. The average molecular weight is 393 g/mol. The quantitative estimate of drug-likeness (QED) is 0.487. The van der Waals surface area contributed by atoms with E-state index in [4.69, 9.17) is 0 Å². The Morgan fingerprint density at radius 1 is 1.21 bits per heavy atom. The maximum absolute atomic E-state index is 13.0. The second kappa shape index (κ2) is 9.84. The van der Waals surface area contributed by atoms with Gasteiger partial charge >= 0.3 is 0 Å². The summed E-state index contributed by atoms with van der Waals surface area (Å²) in [5.41, 5.74) is 3.01. The predicted octanol–water partition coefficient (Wildman–Crippen LogP) is 3.05. The number of aryl methyl sites for hydroxylation is 1. The first kappa shape index (κ1) is 20.5. The van der Waals surface area contributed by atoms with E-state index in [1.807, 2.05) is 25.1 Å². The van der Waals surface area contributed by atoms with Crippen LogP contribution in [0.1, 0.15) is 36.3 Å². The highest BCUT2D eigenvalue weighted by atomic mass is 16.2. The maximum atomic E-state index is 13.0. The number of carbonyl (C=O) groups is 1. The van der Waals surface area contributed by atoms with E-state index in [0.717, 1.165) is 36.3 Å². The van der Waals surface area contributed by atoms with Gasteiger partial charge in [0.05, 0.1) is 11.3 Å². The van der Waals surface area contributed by atoms with E-state index in [2.05, 4.69) is 27.5 Å².